The Hall–Kier alpha value is -2.13. The van der Waals surface area contributed by atoms with Crippen LogP contribution in [0.5, 0.6) is 5.75 Å². The molecule has 0 aliphatic rings. The topological polar surface area (TPSA) is 67.8 Å². The monoisotopic (exact) mass is 302 g/mol. The molecule has 3 N–H and O–H groups in total. The molecule has 1 aromatic rings. The van der Waals surface area contributed by atoms with Crippen molar-refractivity contribution in [1.29, 1.82) is 0 Å². The third-order valence-corrected chi connectivity index (χ3v) is 2.08. The molecule has 112 valence electrons. The van der Waals surface area contributed by atoms with Crippen LogP contribution in [-0.4, -0.2) is 23.8 Å². The standard InChI is InChI=1S/C10H8F6N2O2/c11-9(12,13)4-20-7-2-1-5(10(14,15)16)3-6(7)8(17)18-19/h1-3,19H,4H2,(H2,17,18). The van der Waals surface area contributed by atoms with Crippen molar-refractivity contribution < 1.29 is 36.3 Å². The molecular weight excluding hydrogens is 294 g/mol. The van der Waals surface area contributed by atoms with E-state index in [4.69, 9.17) is 10.9 Å². The number of benzene rings is 1. The highest BCUT2D eigenvalue weighted by molar-refractivity contribution is 5.99. The minimum Gasteiger partial charge on any atom is -0.483 e. The predicted molar refractivity (Wildman–Crippen MR) is 55.5 cm³/mol. The fraction of sp³-hybridized carbons (Fsp3) is 0.300. The lowest BCUT2D eigenvalue weighted by Crippen LogP contribution is -2.22. The van der Waals surface area contributed by atoms with Crippen molar-refractivity contribution in [2.45, 2.75) is 12.4 Å². The fourth-order valence-corrected chi connectivity index (χ4v) is 1.25. The van der Waals surface area contributed by atoms with E-state index in [1.807, 2.05) is 0 Å². The molecule has 0 atom stereocenters. The maximum atomic E-state index is 12.5. The van der Waals surface area contributed by atoms with Gasteiger partial charge in [0.05, 0.1) is 11.1 Å². The van der Waals surface area contributed by atoms with E-state index in [9.17, 15) is 26.3 Å². The number of hydrogen-bond donors (Lipinski definition) is 2. The van der Waals surface area contributed by atoms with Crippen LogP contribution in [0.15, 0.2) is 23.4 Å². The molecule has 0 saturated heterocycles. The minimum absolute atomic E-state index is 0.431. The summed E-state index contributed by atoms with van der Waals surface area (Å²) in [6.45, 7) is -1.72. The number of nitrogens with two attached hydrogens (primary N) is 1. The average molecular weight is 302 g/mol. The van der Waals surface area contributed by atoms with Gasteiger partial charge in [-0.2, -0.15) is 26.3 Å². The van der Waals surface area contributed by atoms with Gasteiger partial charge in [0, 0.05) is 0 Å². The number of nitrogens with zero attached hydrogens (tertiary/aromatic N) is 1. The molecule has 1 rings (SSSR count). The zero-order valence-electron chi connectivity index (χ0n) is 9.59. The maximum Gasteiger partial charge on any atom is 0.422 e. The first kappa shape index (κ1) is 15.9. The molecule has 0 aromatic heterocycles. The Balaban J connectivity index is 3.18. The van der Waals surface area contributed by atoms with Crippen molar-refractivity contribution in [3.05, 3.63) is 29.3 Å². The summed E-state index contributed by atoms with van der Waals surface area (Å²) in [7, 11) is 0. The molecule has 1 aromatic carbocycles. The van der Waals surface area contributed by atoms with E-state index in [1.165, 1.54) is 0 Å². The van der Waals surface area contributed by atoms with Crippen molar-refractivity contribution in [3.63, 3.8) is 0 Å². The summed E-state index contributed by atoms with van der Waals surface area (Å²) < 4.78 is 77.8. The zero-order chi connectivity index (χ0) is 15.6. The second-order valence-electron chi connectivity index (χ2n) is 3.60. The highest BCUT2D eigenvalue weighted by Crippen LogP contribution is 2.33. The van der Waals surface area contributed by atoms with Gasteiger partial charge in [-0.05, 0) is 18.2 Å². The number of ether oxygens (including phenoxy) is 1. The highest BCUT2D eigenvalue weighted by atomic mass is 19.4. The SMILES string of the molecule is N/C(=N\O)c1cc(C(F)(F)F)ccc1OCC(F)(F)F. The molecular formula is C10H8F6N2O2. The molecule has 0 aliphatic carbocycles. The number of halogens is 6. The van der Waals surface area contributed by atoms with Crippen LogP contribution >= 0.6 is 0 Å². The largest absolute Gasteiger partial charge is 0.483 e. The number of amidine groups is 1. The lowest BCUT2D eigenvalue weighted by atomic mass is 10.1. The molecule has 10 heteroatoms. The molecule has 0 heterocycles. The summed E-state index contributed by atoms with van der Waals surface area (Å²) in [4.78, 5) is 0. The summed E-state index contributed by atoms with van der Waals surface area (Å²) in [5.41, 5.74) is 3.36. The van der Waals surface area contributed by atoms with E-state index < -0.39 is 41.7 Å². The molecule has 4 nitrogen and oxygen atoms in total. The Morgan fingerprint density at radius 3 is 2.25 bits per heavy atom. The molecule has 0 amide bonds. The predicted octanol–water partition coefficient (Wildman–Crippen LogP) is 2.74. The van der Waals surface area contributed by atoms with Gasteiger partial charge in [0.25, 0.3) is 0 Å². The molecule has 0 aliphatic heterocycles. The van der Waals surface area contributed by atoms with E-state index >= 15 is 0 Å². The Morgan fingerprint density at radius 2 is 1.80 bits per heavy atom. The van der Waals surface area contributed by atoms with Crippen LogP contribution in [0.2, 0.25) is 0 Å². The van der Waals surface area contributed by atoms with E-state index in [-0.39, 0.29) is 0 Å². The first-order valence-corrected chi connectivity index (χ1v) is 4.93. The van der Waals surface area contributed by atoms with Gasteiger partial charge in [-0.25, -0.2) is 0 Å². The quantitative estimate of drug-likeness (QED) is 0.296. The molecule has 0 radical (unpaired) electrons. The van der Waals surface area contributed by atoms with Gasteiger partial charge in [-0.1, -0.05) is 5.16 Å². The van der Waals surface area contributed by atoms with Crippen molar-refractivity contribution in [1.82, 2.24) is 0 Å². The second-order valence-corrected chi connectivity index (χ2v) is 3.60. The lowest BCUT2D eigenvalue weighted by Gasteiger charge is -2.14. The Labute approximate surface area is 108 Å². The fourth-order valence-electron chi connectivity index (χ4n) is 1.25. The first-order valence-electron chi connectivity index (χ1n) is 4.93. The van der Waals surface area contributed by atoms with Crippen LogP contribution in [-0.2, 0) is 6.18 Å². The van der Waals surface area contributed by atoms with Gasteiger partial charge in [-0.3, -0.25) is 0 Å². The zero-order valence-corrected chi connectivity index (χ0v) is 9.59. The number of rotatable bonds is 3. The maximum absolute atomic E-state index is 12.5. The summed E-state index contributed by atoms with van der Waals surface area (Å²) in [6, 6.07) is 1.63. The third-order valence-electron chi connectivity index (χ3n) is 2.08. The van der Waals surface area contributed by atoms with Gasteiger partial charge < -0.3 is 15.7 Å². The molecule has 0 unspecified atom stereocenters. The Bertz CT molecular complexity index is 509. The van der Waals surface area contributed by atoms with Crippen LogP contribution in [0.3, 0.4) is 0 Å². The van der Waals surface area contributed by atoms with Crippen LogP contribution in [0.1, 0.15) is 11.1 Å². The normalized spacial score (nSPS) is 13.4. The Kier molecular flexibility index (Phi) is 4.36. The molecule has 20 heavy (non-hydrogen) atoms. The summed E-state index contributed by atoms with van der Waals surface area (Å²) >= 11 is 0. The number of alkyl halides is 6. The highest BCUT2D eigenvalue weighted by Gasteiger charge is 2.33. The van der Waals surface area contributed by atoms with Gasteiger partial charge >= 0.3 is 12.4 Å². The summed E-state index contributed by atoms with van der Waals surface area (Å²) in [5, 5.41) is 10.9. The van der Waals surface area contributed by atoms with Gasteiger partial charge in [0.1, 0.15) is 5.75 Å². The van der Waals surface area contributed by atoms with Crippen LogP contribution in [0.25, 0.3) is 0 Å². The van der Waals surface area contributed by atoms with Crippen molar-refractivity contribution in [2.75, 3.05) is 6.61 Å². The van der Waals surface area contributed by atoms with Crippen molar-refractivity contribution in [2.24, 2.45) is 10.9 Å². The van der Waals surface area contributed by atoms with Gasteiger partial charge in [-0.15, -0.1) is 0 Å². The van der Waals surface area contributed by atoms with Crippen molar-refractivity contribution in [3.8, 4) is 5.75 Å². The van der Waals surface area contributed by atoms with Gasteiger partial charge in [0.15, 0.2) is 12.4 Å². The minimum atomic E-state index is -4.73. The second kappa shape index (κ2) is 5.47. The molecule has 0 bridgehead atoms. The molecule has 0 fully saturated rings. The van der Waals surface area contributed by atoms with Crippen LogP contribution in [0, 0.1) is 0 Å². The average Bonchev–Trinajstić information content (AvgIpc) is 2.33. The lowest BCUT2D eigenvalue weighted by molar-refractivity contribution is -0.153. The van der Waals surface area contributed by atoms with E-state index in [0.717, 1.165) is 0 Å². The number of oxime groups is 1. The third kappa shape index (κ3) is 4.21. The first-order chi connectivity index (χ1) is 9.04. The van der Waals surface area contributed by atoms with Crippen LogP contribution in [0.4, 0.5) is 26.3 Å². The van der Waals surface area contributed by atoms with E-state index in [1.54, 1.807) is 0 Å². The van der Waals surface area contributed by atoms with Crippen molar-refractivity contribution >= 4 is 5.84 Å². The van der Waals surface area contributed by atoms with E-state index in [0.29, 0.717) is 18.2 Å². The smallest absolute Gasteiger partial charge is 0.422 e. The van der Waals surface area contributed by atoms with Gasteiger partial charge in [0.2, 0.25) is 0 Å². The Morgan fingerprint density at radius 1 is 1.20 bits per heavy atom. The number of hydrogen-bond acceptors (Lipinski definition) is 3. The summed E-state index contributed by atoms with van der Waals surface area (Å²) in [5.74, 6) is -1.38. The molecule has 0 spiro atoms. The summed E-state index contributed by atoms with van der Waals surface area (Å²) in [6.07, 6.45) is -9.40. The van der Waals surface area contributed by atoms with Crippen LogP contribution < -0.4 is 10.5 Å². The van der Waals surface area contributed by atoms with E-state index in [2.05, 4.69) is 9.89 Å². The molecule has 0 saturated carbocycles.